The SMILES string of the molecule is CCC(C)Nc1ccnc(C(=O)Nc2cc(C(F)(F)F)ccc2Cl)c1. The predicted molar refractivity (Wildman–Crippen MR) is 92.0 cm³/mol. The number of carbonyl (C=O) groups is 1. The highest BCUT2D eigenvalue weighted by atomic mass is 35.5. The molecule has 0 aliphatic carbocycles. The summed E-state index contributed by atoms with van der Waals surface area (Å²) in [6.45, 7) is 4.00. The fourth-order valence-electron chi connectivity index (χ4n) is 2.01. The van der Waals surface area contributed by atoms with Gasteiger partial charge >= 0.3 is 6.18 Å². The second-order valence-electron chi connectivity index (χ2n) is 5.53. The summed E-state index contributed by atoms with van der Waals surface area (Å²) in [5.41, 5.74) is -0.248. The van der Waals surface area contributed by atoms with Crippen LogP contribution in [0, 0.1) is 0 Å². The first kappa shape index (κ1) is 19.1. The lowest BCUT2D eigenvalue weighted by Gasteiger charge is -2.14. The van der Waals surface area contributed by atoms with Crippen molar-refractivity contribution in [3.8, 4) is 0 Å². The maximum absolute atomic E-state index is 12.8. The lowest BCUT2D eigenvalue weighted by Crippen LogP contribution is -2.17. The van der Waals surface area contributed by atoms with Gasteiger partial charge in [-0.3, -0.25) is 9.78 Å². The molecule has 8 heteroatoms. The molecule has 25 heavy (non-hydrogen) atoms. The van der Waals surface area contributed by atoms with Crippen molar-refractivity contribution >= 4 is 28.9 Å². The number of halogens is 4. The number of carbonyl (C=O) groups excluding carboxylic acids is 1. The first-order chi connectivity index (χ1) is 11.7. The van der Waals surface area contributed by atoms with Crippen molar-refractivity contribution in [1.82, 2.24) is 4.98 Å². The molecule has 1 heterocycles. The molecule has 2 aromatic rings. The molecule has 0 saturated heterocycles. The third-order valence-electron chi connectivity index (χ3n) is 3.56. The molecular formula is C17H17ClF3N3O. The molecule has 0 bridgehead atoms. The molecule has 1 aromatic heterocycles. The molecule has 0 aliphatic heterocycles. The Morgan fingerprint density at radius 3 is 2.64 bits per heavy atom. The van der Waals surface area contributed by atoms with Gasteiger partial charge in [0.1, 0.15) is 5.69 Å². The van der Waals surface area contributed by atoms with Crippen molar-refractivity contribution in [3.05, 3.63) is 52.8 Å². The molecular weight excluding hydrogens is 355 g/mol. The van der Waals surface area contributed by atoms with Gasteiger partial charge in [-0.05, 0) is 43.7 Å². The predicted octanol–water partition coefficient (Wildman–Crippen LogP) is 5.22. The van der Waals surface area contributed by atoms with Crippen LogP contribution in [0.15, 0.2) is 36.5 Å². The van der Waals surface area contributed by atoms with Crippen molar-refractivity contribution in [2.24, 2.45) is 0 Å². The first-order valence-electron chi connectivity index (χ1n) is 7.61. The Balaban J connectivity index is 2.21. The van der Waals surface area contributed by atoms with Crippen molar-refractivity contribution < 1.29 is 18.0 Å². The van der Waals surface area contributed by atoms with E-state index < -0.39 is 17.6 Å². The maximum Gasteiger partial charge on any atom is 0.416 e. The number of rotatable bonds is 5. The minimum Gasteiger partial charge on any atom is -0.382 e. The van der Waals surface area contributed by atoms with Crippen LogP contribution >= 0.6 is 11.6 Å². The highest BCUT2D eigenvalue weighted by Crippen LogP contribution is 2.34. The Hall–Kier alpha value is -2.28. The van der Waals surface area contributed by atoms with E-state index in [0.29, 0.717) is 5.69 Å². The summed E-state index contributed by atoms with van der Waals surface area (Å²) in [5.74, 6) is -0.644. The number of anilines is 2. The summed E-state index contributed by atoms with van der Waals surface area (Å²) >= 11 is 5.88. The molecule has 4 nitrogen and oxygen atoms in total. The molecule has 0 saturated carbocycles. The molecule has 0 fully saturated rings. The van der Waals surface area contributed by atoms with Crippen LogP contribution in [0.25, 0.3) is 0 Å². The Bertz CT molecular complexity index is 765. The van der Waals surface area contributed by atoms with Gasteiger partial charge in [-0.15, -0.1) is 0 Å². The Morgan fingerprint density at radius 2 is 2.00 bits per heavy atom. The van der Waals surface area contributed by atoms with E-state index in [2.05, 4.69) is 15.6 Å². The number of aromatic nitrogens is 1. The number of alkyl halides is 3. The van der Waals surface area contributed by atoms with E-state index >= 15 is 0 Å². The molecule has 1 aromatic carbocycles. The second-order valence-corrected chi connectivity index (χ2v) is 5.94. The van der Waals surface area contributed by atoms with Crippen LogP contribution in [0.4, 0.5) is 24.5 Å². The summed E-state index contributed by atoms with van der Waals surface area (Å²) in [6, 6.07) is 6.18. The van der Waals surface area contributed by atoms with Crippen molar-refractivity contribution in [2.75, 3.05) is 10.6 Å². The van der Waals surface area contributed by atoms with Gasteiger partial charge < -0.3 is 10.6 Å². The van der Waals surface area contributed by atoms with Gasteiger partial charge in [0.25, 0.3) is 5.91 Å². The van der Waals surface area contributed by atoms with Gasteiger partial charge in [-0.2, -0.15) is 13.2 Å². The summed E-state index contributed by atoms with van der Waals surface area (Å²) in [7, 11) is 0. The van der Waals surface area contributed by atoms with E-state index in [9.17, 15) is 18.0 Å². The molecule has 1 atom stereocenters. The number of nitrogens with one attached hydrogen (secondary N) is 2. The van der Waals surface area contributed by atoms with E-state index in [4.69, 9.17) is 11.6 Å². The van der Waals surface area contributed by atoms with Crippen LogP contribution < -0.4 is 10.6 Å². The monoisotopic (exact) mass is 371 g/mol. The lowest BCUT2D eigenvalue weighted by molar-refractivity contribution is -0.137. The van der Waals surface area contributed by atoms with Crippen LogP contribution in [0.5, 0.6) is 0 Å². The zero-order valence-electron chi connectivity index (χ0n) is 13.6. The van der Waals surface area contributed by atoms with Gasteiger partial charge in [0.05, 0.1) is 16.3 Å². The molecule has 2 N–H and O–H groups in total. The molecule has 1 amide bonds. The third-order valence-corrected chi connectivity index (χ3v) is 3.89. The van der Waals surface area contributed by atoms with E-state index in [1.165, 1.54) is 12.3 Å². The van der Waals surface area contributed by atoms with Crippen LogP contribution in [0.2, 0.25) is 5.02 Å². The highest BCUT2D eigenvalue weighted by Gasteiger charge is 2.31. The first-order valence-corrected chi connectivity index (χ1v) is 7.99. The Morgan fingerprint density at radius 1 is 1.28 bits per heavy atom. The number of amides is 1. The topological polar surface area (TPSA) is 54.0 Å². The third kappa shape index (κ3) is 5.09. The fraction of sp³-hybridized carbons (Fsp3) is 0.294. The molecule has 2 rings (SSSR count). The average molecular weight is 372 g/mol. The van der Waals surface area contributed by atoms with Crippen LogP contribution in [0.3, 0.4) is 0 Å². The second kappa shape index (κ2) is 7.74. The van der Waals surface area contributed by atoms with Gasteiger partial charge in [0.2, 0.25) is 0 Å². The summed E-state index contributed by atoms with van der Waals surface area (Å²) in [5, 5.41) is 5.58. The molecule has 1 unspecified atom stereocenters. The number of hydrogen-bond acceptors (Lipinski definition) is 3. The van der Waals surface area contributed by atoms with Gasteiger partial charge in [-0.25, -0.2) is 0 Å². The van der Waals surface area contributed by atoms with Gasteiger partial charge in [0, 0.05) is 17.9 Å². The number of hydrogen-bond donors (Lipinski definition) is 2. The number of pyridine rings is 1. The quantitative estimate of drug-likeness (QED) is 0.758. The largest absolute Gasteiger partial charge is 0.416 e. The lowest BCUT2D eigenvalue weighted by atomic mass is 10.2. The van der Waals surface area contributed by atoms with Crippen molar-refractivity contribution in [2.45, 2.75) is 32.5 Å². The minimum atomic E-state index is -4.53. The summed E-state index contributed by atoms with van der Waals surface area (Å²) < 4.78 is 38.4. The Kier molecular flexibility index (Phi) is 5.89. The zero-order chi connectivity index (χ0) is 18.6. The highest BCUT2D eigenvalue weighted by molar-refractivity contribution is 6.33. The standard InChI is InChI=1S/C17H17ClF3N3O/c1-3-10(2)23-12-6-7-22-15(9-12)16(25)24-14-8-11(17(19,20)21)4-5-13(14)18/h4-10H,3H2,1-2H3,(H,22,23)(H,24,25). The Labute approximate surface area is 148 Å². The van der Waals surface area contributed by atoms with E-state index in [1.807, 2.05) is 13.8 Å². The number of benzene rings is 1. The van der Waals surface area contributed by atoms with E-state index in [1.54, 1.807) is 6.07 Å². The summed E-state index contributed by atoms with van der Waals surface area (Å²) in [6.07, 6.45) is -2.18. The van der Waals surface area contributed by atoms with Crippen molar-refractivity contribution in [1.29, 1.82) is 0 Å². The van der Waals surface area contributed by atoms with Crippen LogP contribution in [-0.2, 0) is 6.18 Å². The van der Waals surface area contributed by atoms with Crippen molar-refractivity contribution in [3.63, 3.8) is 0 Å². The van der Waals surface area contributed by atoms with Gasteiger partial charge in [0.15, 0.2) is 0 Å². The molecule has 0 aliphatic rings. The molecule has 134 valence electrons. The average Bonchev–Trinajstić information content (AvgIpc) is 2.55. The maximum atomic E-state index is 12.8. The number of nitrogens with zero attached hydrogens (tertiary/aromatic N) is 1. The minimum absolute atomic E-state index is 0.00948. The summed E-state index contributed by atoms with van der Waals surface area (Å²) in [4.78, 5) is 16.2. The van der Waals surface area contributed by atoms with E-state index in [0.717, 1.165) is 24.6 Å². The van der Waals surface area contributed by atoms with Crippen LogP contribution in [-0.4, -0.2) is 16.9 Å². The van der Waals surface area contributed by atoms with Crippen LogP contribution in [0.1, 0.15) is 36.3 Å². The van der Waals surface area contributed by atoms with E-state index in [-0.39, 0.29) is 22.4 Å². The fourth-order valence-corrected chi connectivity index (χ4v) is 2.18. The normalized spacial score (nSPS) is 12.6. The smallest absolute Gasteiger partial charge is 0.382 e. The molecule has 0 radical (unpaired) electrons. The zero-order valence-corrected chi connectivity index (χ0v) is 14.4. The molecule has 0 spiro atoms. The van der Waals surface area contributed by atoms with Gasteiger partial charge in [-0.1, -0.05) is 18.5 Å².